The zero-order chi connectivity index (χ0) is 13.0. The second-order valence-corrected chi connectivity index (χ2v) is 4.82. The van der Waals surface area contributed by atoms with E-state index in [1.54, 1.807) is 7.11 Å². The Morgan fingerprint density at radius 2 is 1.83 bits per heavy atom. The molecule has 0 saturated heterocycles. The Hall–Kier alpha value is -1.48. The standard InChI is InChI=1S/C15H15BrO2/c1-11-8-13(17-2)9-14(15(11)16)18-10-12-6-4-3-5-7-12/h3-9H,10H2,1-2H3. The summed E-state index contributed by atoms with van der Waals surface area (Å²) in [5.41, 5.74) is 2.24. The van der Waals surface area contributed by atoms with E-state index in [1.807, 2.05) is 49.4 Å². The maximum atomic E-state index is 5.82. The van der Waals surface area contributed by atoms with Gasteiger partial charge in [-0.15, -0.1) is 0 Å². The second-order valence-electron chi connectivity index (χ2n) is 4.03. The van der Waals surface area contributed by atoms with Crippen LogP contribution in [0.15, 0.2) is 46.9 Å². The molecule has 0 fully saturated rings. The lowest BCUT2D eigenvalue weighted by Crippen LogP contribution is -1.97. The van der Waals surface area contributed by atoms with E-state index in [4.69, 9.17) is 9.47 Å². The lowest BCUT2D eigenvalue weighted by molar-refractivity contribution is 0.301. The smallest absolute Gasteiger partial charge is 0.137 e. The molecule has 0 saturated carbocycles. The van der Waals surface area contributed by atoms with Gasteiger partial charge in [0.25, 0.3) is 0 Å². The summed E-state index contributed by atoms with van der Waals surface area (Å²) < 4.78 is 12.0. The van der Waals surface area contributed by atoms with Gasteiger partial charge in [0.2, 0.25) is 0 Å². The fourth-order valence-corrected chi connectivity index (χ4v) is 2.01. The SMILES string of the molecule is COc1cc(C)c(Br)c(OCc2ccccc2)c1. The molecule has 18 heavy (non-hydrogen) atoms. The number of ether oxygens (including phenoxy) is 2. The summed E-state index contributed by atoms with van der Waals surface area (Å²) in [6.45, 7) is 2.56. The van der Waals surface area contributed by atoms with E-state index in [2.05, 4.69) is 15.9 Å². The van der Waals surface area contributed by atoms with Crippen LogP contribution in [0.3, 0.4) is 0 Å². The van der Waals surface area contributed by atoms with Crippen molar-refractivity contribution in [3.8, 4) is 11.5 Å². The van der Waals surface area contributed by atoms with Crippen LogP contribution in [-0.4, -0.2) is 7.11 Å². The topological polar surface area (TPSA) is 18.5 Å². The zero-order valence-corrected chi connectivity index (χ0v) is 12.0. The predicted molar refractivity (Wildman–Crippen MR) is 76.2 cm³/mol. The first kappa shape index (κ1) is 13.0. The summed E-state index contributed by atoms with van der Waals surface area (Å²) in [5.74, 6) is 1.61. The van der Waals surface area contributed by atoms with E-state index in [1.165, 1.54) is 0 Å². The zero-order valence-electron chi connectivity index (χ0n) is 10.4. The Morgan fingerprint density at radius 3 is 2.50 bits per heavy atom. The Balaban J connectivity index is 2.16. The van der Waals surface area contributed by atoms with Gasteiger partial charge in [-0.25, -0.2) is 0 Å². The minimum atomic E-state index is 0.548. The molecule has 0 bridgehead atoms. The third kappa shape index (κ3) is 3.05. The number of benzene rings is 2. The maximum absolute atomic E-state index is 5.82. The molecular weight excluding hydrogens is 292 g/mol. The molecule has 0 aliphatic carbocycles. The first-order valence-corrected chi connectivity index (χ1v) is 6.51. The molecule has 2 aromatic rings. The van der Waals surface area contributed by atoms with Gasteiger partial charge in [-0.3, -0.25) is 0 Å². The lowest BCUT2D eigenvalue weighted by Gasteiger charge is -2.12. The summed E-state index contributed by atoms with van der Waals surface area (Å²) in [4.78, 5) is 0. The average Bonchev–Trinajstić information content (AvgIpc) is 2.41. The molecule has 0 aliphatic rings. The highest BCUT2D eigenvalue weighted by Gasteiger charge is 2.07. The van der Waals surface area contributed by atoms with Crippen LogP contribution in [0.2, 0.25) is 0 Å². The van der Waals surface area contributed by atoms with Crippen molar-refractivity contribution in [2.75, 3.05) is 7.11 Å². The molecule has 0 spiro atoms. The highest BCUT2D eigenvalue weighted by Crippen LogP contribution is 2.33. The fraction of sp³-hybridized carbons (Fsp3) is 0.200. The summed E-state index contributed by atoms with van der Waals surface area (Å²) in [7, 11) is 1.66. The van der Waals surface area contributed by atoms with Gasteiger partial charge in [-0.1, -0.05) is 30.3 Å². The van der Waals surface area contributed by atoms with Gasteiger partial charge in [-0.2, -0.15) is 0 Å². The minimum absolute atomic E-state index is 0.548. The first-order chi connectivity index (χ1) is 8.70. The van der Waals surface area contributed by atoms with E-state index in [0.29, 0.717) is 6.61 Å². The highest BCUT2D eigenvalue weighted by atomic mass is 79.9. The monoisotopic (exact) mass is 306 g/mol. The van der Waals surface area contributed by atoms with E-state index < -0.39 is 0 Å². The van der Waals surface area contributed by atoms with Gasteiger partial charge in [-0.05, 0) is 40.0 Å². The first-order valence-electron chi connectivity index (χ1n) is 5.71. The van der Waals surface area contributed by atoms with E-state index >= 15 is 0 Å². The third-order valence-electron chi connectivity index (χ3n) is 2.67. The van der Waals surface area contributed by atoms with Crippen molar-refractivity contribution >= 4 is 15.9 Å². The molecule has 0 aromatic heterocycles. The predicted octanol–water partition coefficient (Wildman–Crippen LogP) is 4.35. The molecule has 0 heterocycles. The van der Waals surface area contributed by atoms with Gasteiger partial charge in [0.1, 0.15) is 18.1 Å². The molecule has 94 valence electrons. The summed E-state index contributed by atoms with van der Waals surface area (Å²) >= 11 is 3.54. The molecule has 3 heteroatoms. The number of methoxy groups -OCH3 is 1. The average molecular weight is 307 g/mol. The van der Waals surface area contributed by atoms with Crippen LogP contribution in [0, 0.1) is 6.92 Å². The number of hydrogen-bond donors (Lipinski definition) is 0. The lowest BCUT2D eigenvalue weighted by atomic mass is 10.2. The van der Waals surface area contributed by atoms with E-state index in [0.717, 1.165) is 27.1 Å². The number of hydrogen-bond acceptors (Lipinski definition) is 2. The Labute approximate surface area is 116 Å². The van der Waals surface area contributed by atoms with Crippen LogP contribution in [-0.2, 0) is 6.61 Å². The largest absolute Gasteiger partial charge is 0.497 e. The summed E-state index contributed by atoms with van der Waals surface area (Å²) in [5, 5.41) is 0. The van der Waals surface area contributed by atoms with E-state index in [-0.39, 0.29) is 0 Å². The van der Waals surface area contributed by atoms with Crippen LogP contribution in [0.4, 0.5) is 0 Å². The van der Waals surface area contributed by atoms with Crippen LogP contribution in [0.25, 0.3) is 0 Å². The Bertz CT molecular complexity index is 524. The molecule has 2 aromatic carbocycles. The minimum Gasteiger partial charge on any atom is -0.497 e. The molecule has 0 amide bonds. The molecule has 0 unspecified atom stereocenters. The van der Waals surface area contributed by atoms with Gasteiger partial charge in [0.15, 0.2) is 0 Å². The molecule has 0 atom stereocenters. The van der Waals surface area contributed by atoms with Crippen molar-refractivity contribution < 1.29 is 9.47 Å². The number of rotatable bonds is 4. The second kappa shape index (κ2) is 5.91. The Kier molecular flexibility index (Phi) is 4.26. The molecular formula is C15H15BrO2. The van der Waals surface area contributed by atoms with Crippen LogP contribution >= 0.6 is 15.9 Å². The van der Waals surface area contributed by atoms with Crippen LogP contribution in [0.5, 0.6) is 11.5 Å². The molecule has 0 radical (unpaired) electrons. The normalized spacial score (nSPS) is 10.2. The van der Waals surface area contributed by atoms with Crippen molar-refractivity contribution in [1.29, 1.82) is 0 Å². The quantitative estimate of drug-likeness (QED) is 0.836. The van der Waals surface area contributed by atoms with Gasteiger partial charge >= 0.3 is 0 Å². The maximum Gasteiger partial charge on any atom is 0.137 e. The van der Waals surface area contributed by atoms with Crippen molar-refractivity contribution in [3.63, 3.8) is 0 Å². The highest BCUT2D eigenvalue weighted by molar-refractivity contribution is 9.10. The third-order valence-corrected chi connectivity index (χ3v) is 3.68. The fourth-order valence-electron chi connectivity index (χ4n) is 1.66. The van der Waals surface area contributed by atoms with Crippen molar-refractivity contribution in [2.45, 2.75) is 13.5 Å². The van der Waals surface area contributed by atoms with Crippen molar-refractivity contribution in [2.24, 2.45) is 0 Å². The molecule has 0 aliphatic heterocycles. The summed E-state index contributed by atoms with van der Waals surface area (Å²) in [6.07, 6.45) is 0. The van der Waals surface area contributed by atoms with Crippen LogP contribution < -0.4 is 9.47 Å². The number of aryl methyl sites for hydroxylation is 1. The molecule has 2 nitrogen and oxygen atoms in total. The molecule has 0 N–H and O–H groups in total. The van der Waals surface area contributed by atoms with Crippen molar-refractivity contribution in [1.82, 2.24) is 0 Å². The summed E-state index contributed by atoms with van der Waals surface area (Å²) in [6, 6.07) is 13.9. The van der Waals surface area contributed by atoms with Gasteiger partial charge < -0.3 is 9.47 Å². The van der Waals surface area contributed by atoms with Crippen LogP contribution in [0.1, 0.15) is 11.1 Å². The van der Waals surface area contributed by atoms with E-state index in [9.17, 15) is 0 Å². The number of halogens is 1. The molecule has 2 rings (SSSR count). The Morgan fingerprint density at radius 1 is 1.11 bits per heavy atom. The van der Waals surface area contributed by atoms with Gasteiger partial charge in [0, 0.05) is 6.07 Å². The van der Waals surface area contributed by atoms with Gasteiger partial charge in [0.05, 0.1) is 11.6 Å². The van der Waals surface area contributed by atoms with Crippen molar-refractivity contribution in [3.05, 3.63) is 58.1 Å².